The number of carbonyl (C=O) groups excluding carboxylic acids is 1. The summed E-state index contributed by atoms with van der Waals surface area (Å²) in [6.07, 6.45) is 5.27. The predicted octanol–water partition coefficient (Wildman–Crippen LogP) is 2.83. The van der Waals surface area contributed by atoms with Crippen molar-refractivity contribution in [2.45, 2.75) is 25.7 Å². The zero-order valence-corrected chi connectivity index (χ0v) is 11.8. The van der Waals surface area contributed by atoms with Gasteiger partial charge in [0.15, 0.2) is 6.61 Å². The van der Waals surface area contributed by atoms with Crippen LogP contribution in [0.3, 0.4) is 0 Å². The molecule has 2 rings (SSSR count). The molecule has 0 aliphatic heterocycles. The van der Waals surface area contributed by atoms with Crippen LogP contribution in [0, 0.1) is 5.41 Å². The molecule has 5 nitrogen and oxygen atoms in total. The number of carboxylic acids is 1. The van der Waals surface area contributed by atoms with E-state index in [4.69, 9.17) is 9.84 Å². The Morgan fingerprint density at radius 1 is 1.43 bits per heavy atom. The van der Waals surface area contributed by atoms with Crippen LogP contribution in [-0.2, 0) is 9.59 Å². The van der Waals surface area contributed by atoms with Gasteiger partial charge in [-0.15, -0.1) is 6.58 Å². The van der Waals surface area contributed by atoms with Crippen molar-refractivity contribution in [2.75, 3.05) is 11.9 Å². The van der Waals surface area contributed by atoms with Gasteiger partial charge < -0.3 is 15.2 Å². The van der Waals surface area contributed by atoms with Gasteiger partial charge in [0.1, 0.15) is 5.75 Å². The molecule has 5 heteroatoms. The van der Waals surface area contributed by atoms with Crippen LogP contribution in [0.5, 0.6) is 5.75 Å². The lowest BCUT2D eigenvalue weighted by molar-refractivity contribution is -0.139. The summed E-state index contributed by atoms with van der Waals surface area (Å²) >= 11 is 0. The molecule has 0 spiro atoms. The number of rotatable bonds is 7. The number of carbonyl (C=O) groups is 2. The van der Waals surface area contributed by atoms with Crippen LogP contribution < -0.4 is 10.1 Å². The van der Waals surface area contributed by atoms with Crippen LogP contribution in [0.25, 0.3) is 0 Å². The summed E-state index contributed by atoms with van der Waals surface area (Å²) in [5.74, 6) is -0.630. The van der Waals surface area contributed by atoms with E-state index in [1.165, 1.54) is 0 Å². The maximum atomic E-state index is 12.4. The van der Waals surface area contributed by atoms with Crippen LogP contribution in [0.4, 0.5) is 5.69 Å². The summed E-state index contributed by atoms with van der Waals surface area (Å²) < 4.78 is 5.10. The number of nitrogens with one attached hydrogen (secondary N) is 1. The standard InChI is InChI=1S/C16H19NO4/c1-2-7-16(8-4-9-16)15(20)17-12-5-3-6-13(10-12)21-11-14(18)19/h2-3,5-6,10H,1,4,7-9,11H2,(H,17,20)(H,18,19). The number of ether oxygens (including phenoxy) is 1. The van der Waals surface area contributed by atoms with Gasteiger partial charge in [0.25, 0.3) is 0 Å². The van der Waals surface area contributed by atoms with E-state index in [9.17, 15) is 9.59 Å². The van der Waals surface area contributed by atoms with Crippen molar-refractivity contribution in [3.63, 3.8) is 0 Å². The first-order valence-electron chi connectivity index (χ1n) is 6.93. The van der Waals surface area contributed by atoms with Crippen LogP contribution in [0.2, 0.25) is 0 Å². The molecule has 1 amide bonds. The summed E-state index contributed by atoms with van der Waals surface area (Å²) in [6, 6.07) is 6.75. The molecule has 0 atom stereocenters. The largest absolute Gasteiger partial charge is 0.482 e. The van der Waals surface area contributed by atoms with E-state index in [1.54, 1.807) is 30.3 Å². The Bertz CT molecular complexity index is 549. The third-order valence-electron chi connectivity index (χ3n) is 3.78. The van der Waals surface area contributed by atoms with Crippen LogP contribution >= 0.6 is 0 Å². The van der Waals surface area contributed by atoms with Gasteiger partial charge in [-0.05, 0) is 31.4 Å². The fourth-order valence-corrected chi connectivity index (χ4v) is 2.48. The molecule has 0 aromatic heterocycles. The van der Waals surface area contributed by atoms with Gasteiger partial charge in [-0.2, -0.15) is 0 Å². The molecular formula is C16H19NO4. The molecule has 21 heavy (non-hydrogen) atoms. The lowest BCUT2D eigenvalue weighted by Gasteiger charge is -2.39. The molecule has 0 radical (unpaired) electrons. The third-order valence-corrected chi connectivity index (χ3v) is 3.78. The quantitative estimate of drug-likeness (QED) is 0.757. The van der Waals surface area contributed by atoms with Gasteiger partial charge in [0, 0.05) is 11.8 Å². The van der Waals surface area contributed by atoms with Crippen LogP contribution in [0.15, 0.2) is 36.9 Å². The number of aliphatic carboxylic acids is 1. The fourth-order valence-electron chi connectivity index (χ4n) is 2.48. The minimum Gasteiger partial charge on any atom is -0.482 e. The lowest BCUT2D eigenvalue weighted by Crippen LogP contribution is -2.41. The highest BCUT2D eigenvalue weighted by atomic mass is 16.5. The molecule has 112 valence electrons. The highest BCUT2D eigenvalue weighted by molar-refractivity contribution is 5.96. The van der Waals surface area contributed by atoms with Crippen molar-refractivity contribution in [1.29, 1.82) is 0 Å². The van der Waals surface area contributed by atoms with Gasteiger partial charge >= 0.3 is 5.97 Å². The van der Waals surface area contributed by atoms with Gasteiger partial charge in [0.05, 0.1) is 5.41 Å². The van der Waals surface area contributed by atoms with Crippen LogP contribution in [-0.4, -0.2) is 23.6 Å². The number of carboxylic acid groups (broad SMARTS) is 1. The molecule has 1 aromatic carbocycles. The molecule has 0 saturated heterocycles. The zero-order valence-electron chi connectivity index (χ0n) is 11.8. The molecule has 0 heterocycles. The predicted molar refractivity (Wildman–Crippen MR) is 79.3 cm³/mol. The molecule has 1 aromatic rings. The Balaban J connectivity index is 2.02. The monoisotopic (exact) mass is 289 g/mol. The minimum absolute atomic E-state index is 0.0102. The van der Waals surface area contributed by atoms with E-state index in [0.717, 1.165) is 19.3 Å². The van der Waals surface area contributed by atoms with E-state index < -0.39 is 12.6 Å². The third kappa shape index (κ3) is 3.62. The lowest BCUT2D eigenvalue weighted by atomic mass is 9.66. The summed E-state index contributed by atoms with van der Waals surface area (Å²) in [5, 5.41) is 11.5. The smallest absolute Gasteiger partial charge is 0.341 e. The van der Waals surface area contributed by atoms with Crippen LogP contribution in [0.1, 0.15) is 25.7 Å². The second kappa shape index (κ2) is 6.43. The number of benzene rings is 1. The fraction of sp³-hybridized carbons (Fsp3) is 0.375. The molecule has 0 unspecified atom stereocenters. The average molecular weight is 289 g/mol. The van der Waals surface area contributed by atoms with Gasteiger partial charge in [0.2, 0.25) is 5.91 Å². The number of hydrogen-bond acceptors (Lipinski definition) is 3. The molecule has 1 fully saturated rings. The van der Waals surface area contributed by atoms with Crippen molar-refractivity contribution < 1.29 is 19.4 Å². The highest BCUT2D eigenvalue weighted by Crippen LogP contribution is 2.45. The zero-order chi connectivity index (χ0) is 15.3. The second-order valence-corrected chi connectivity index (χ2v) is 5.29. The molecule has 2 N–H and O–H groups in total. The maximum absolute atomic E-state index is 12.4. The summed E-state index contributed by atoms with van der Waals surface area (Å²) in [6.45, 7) is 3.31. The Labute approximate surface area is 123 Å². The first kappa shape index (κ1) is 15.1. The number of allylic oxidation sites excluding steroid dienone is 1. The highest BCUT2D eigenvalue weighted by Gasteiger charge is 2.42. The van der Waals surface area contributed by atoms with Crippen molar-refractivity contribution in [3.05, 3.63) is 36.9 Å². The number of anilines is 1. The maximum Gasteiger partial charge on any atom is 0.341 e. The van der Waals surface area contributed by atoms with Crippen molar-refractivity contribution in [2.24, 2.45) is 5.41 Å². The Hall–Kier alpha value is -2.30. The van der Waals surface area contributed by atoms with Gasteiger partial charge in [-0.1, -0.05) is 18.6 Å². The minimum atomic E-state index is -1.04. The van der Waals surface area contributed by atoms with Crippen molar-refractivity contribution in [1.82, 2.24) is 0 Å². The number of hydrogen-bond donors (Lipinski definition) is 2. The molecular weight excluding hydrogens is 270 g/mol. The van der Waals surface area contributed by atoms with Crippen molar-refractivity contribution in [3.8, 4) is 5.75 Å². The van der Waals surface area contributed by atoms with Crippen molar-refractivity contribution >= 4 is 17.6 Å². The summed E-state index contributed by atoms with van der Waals surface area (Å²) in [7, 11) is 0. The first-order valence-corrected chi connectivity index (χ1v) is 6.93. The average Bonchev–Trinajstić information content (AvgIpc) is 2.41. The van der Waals surface area contributed by atoms with Gasteiger partial charge in [-0.3, -0.25) is 4.79 Å². The Morgan fingerprint density at radius 2 is 2.19 bits per heavy atom. The first-order chi connectivity index (χ1) is 10.1. The van der Waals surface area contributed by atoms with Gasteiger partial charge in [-0.25, -0.2) is 4.79 Å². The van der Waals surface area contributed by atoms with E-state index >= 15 is 0 Å². The molecule has 1 saturated carbocycles. The Kier molecular flexibility index (Phi) is 4.62. The SMILES string of the molecule is C=CCC1(C(=O)Nc2cccc(OCC(=O)O)c2)CCC1. The van der Waals surface area contributed by atoms with E-state index in [1.807, 2.05) is 0 Å². The summed E-state index contributed by atoms with van der Waals surface area (Å²) in [4.78, 5) is 22.9. The second-order valence-electron chi connectivity index (χ2n) is 5.29. The molecule has 1 aliphatic carbocycles. The number of amides is 1. The Morgan fingerprint density at radius 3 is 2.76 bits per heavy atom. The molecule has 0 bridgehead atoms. The van der Waals surface area contributed by atoms with E-state index in [0.29, 0.717) is 17.9 Å². The van der Waals surface area contributed by atoms with E-state index in [2.05, 4.69) is 11.9 Å². The normalized spacial score (nSPS) is 15.6. The molecule has 1 aliphatic rings. The summed E-state index contributed by atoms with van der Waals surface area (Å²) in [5.41, 5.74) is 0.276. The topological polar surface area (TPSA) is 75.6 Å². The van der Waals surface area contributed by atoms with E-state index in [-0.39, 0.29) is 11.3 Å².